The van der Waals surface area contributed by atoms with E-state index in [2.05, 4.69) is 210 Å². The molecule has 3 heteroatoms. The molecule has 0 bridgehead atoms. The minimum atomic E-state index is 0.867. The lowest BCUT2D eigenvalue weighted by molar-refractivity contribution is 0.669. The average Bonchev–Trinajstić information content (AvgIpc) is 3.83. The van der Waals surface area contributed by atoms with Gasteiger partial charge in [-0.2, -0.15) is 0 Å². The van der Waals surface area contributed by atoms with E-state index in [0.29, 0.717) is 0 Å². The monoisotopic (exact) mass is 726 g/mol. The normalized spacial score (nSPS) is 11.9. The zero-order chi connectivity index (χ0) is 37.5. The third-order valence-corrected chi connectivity index (χ3v) is 11.8. The summed E-state index contributed by atoms with van der Waals surface area (Å²) in [4.78, 5) is 2.36. The number of aromatic nitrogens is 1. The summed E-state index contributed by atoms with van der Waals surface area (Å²) < 4.78 is 9.05. The first-order valence-electron chi connectivity index (χ1n) is 19.5. The number of hydrogen-bond acceptors (Lipinski definition) is 2. The van der Waals surface area contributed by atoms with Crippen LogP contribution in [0.5, 0.6) is 0 Å². The van der Waals surface area contributed by atoms with E-state index < -0.39 is 0 Å². The first kappa shape index (κ1) is 31.7. The van der Waals surface area contributed by atoms with Gasteiger partial charge >= 0.3 is 0 Å². The Kier molecular flexibility index (Phi) is 6.93. The minimum absolute atomic E-state index is 0.867. The van der Waals surface area contributed by atoms with Gasteiger partial charge in [0.25, 0.3) is 0 Å². The molecule has 12 rings (SSSR count). The SMILES string of the molecule is c1ccc(-n2c3ccccc3c3cc(-c4ccc(N(c5ccc6c7ccccc7c7ccccc7c6c5)c5cccc6c5oc5ccccc56)cc4)ccc32)cc1. The molecule has 0 radical (unpaired) electrons. The molecule has 0 amide bonds. The lowest BCUT2D eigenvalue weighted by Crippen LogP contribution is -2.10. The molecule has 2 heterocycles. The molecule has 0 unspecified atom stereocenters. The van der Waals surface area contributed by atoms with Crippen molar-refractivity contribution in [3.63, 3.8) is 0 Å². The highest BCUT2D eigenvalue weighted by molar-refractivity contribution is 6.26. The molecule has 0 saturated carbocycles. The average molecular weight is 727 g/mol. The molecule has 0 atom stereocenters. The lowest BCUT2D eigenvalue weighted by Gasteiger charge is -2.26. The Morgan fingerprint density at radius 2 is 0.895 bits per heavy atom. The maximum absolute atomic E-state index is 6.68. The fraction of sp³-hybridized carbons (Fsp3) is 0. The molecule has 12 aromatic rings. The van der Waals surface area contributed by atoms with Gasteiger partial charge in [0.2, 0.25) is 0 Å². The summed E-state index contributed by atoms with van der Waals surface area (Å²) >= 11 is 0. The number of para-hydroxylation sites is 4. The van der Waals surface area contributed by atoms with Crippen LogP contribution in [0.4, 0.5) is 17.1 Å². The Morgan fingerprint density at radius 3 is 1.65 bits per heavy atom. The Bertz CT molecular complexity index is 3490. The number of hydrogen-bond donors (Lipinski definition) is 0. The number of furan rings is 1. The standard InChI is InChI=1S/C54H34N2O/c1-2-13-37(14-3-1)56-50-22-10-8-19-45(50)49-33-36(27-32-51(49)56)35-25-28-38(29-26-35)55(52-23-12-21-47-46-20-9-11-24-53(46)57-54(47)52)39-30-31-44-42-17-5-4-15-40(42)41-16-6-7-18-43(41)48(44)34-39/h1-34H. The molecular formula is C54H34N2O. The van der Waals surface area contributed by atoms with Gasteiger partial charge in [0.15, 0.2) is 5.58 Å². The largest absolute Gasteiger partial charge is 0.454 e. The molecule has 0 spiro atoms. The van der Waals surface area contributed by atoms with Gasteiger partial charge in [-0.25, -0.2) is 0 Å². The van der Waals surface area contributed by atoms with Crippen LogP contribution in [0, 0.1) is 0 Å². The molecule has 0 aliphatic carbocycles. The van der Waals surface area contributed by atoms with Crippen LogP contribution >= 0.6 is 0 Å². The predicted molar refractivity (Wildman–Crippen MR) is 241 cm³/mol. The van der Waals surface area contributed by atoms with E-state index in [0.717, 1.165) is 50.3 Å². The predicted octanol–water partition coefficient (Wildman–Crippen LogP) is 15.3. The van der Waals surface area contributed by atoms with Crippen LogP contribution in [0.1, 0.15) is 0 Å². The summed E-state index contributed by atoms with van der Waals surface area (Å²) in [5.74, 6) is 0. The molecule has 0 aliphatic rings. The van der Waals surface area contributed by atoms with Gasteiger partial charge in [0.1, 0.15) is 5.58 Å². The molecule has 3 nitrogen and oxygen atoms in total. The van der Waals surface area contributed by atoms with Crippen molar-refractivity contribution in [1.82, 2.24) is 4.57 Å². The van der Waals surface area contributed by atoms with E-state index in [4.69, 9.17) is 4.42 Å². The smallest absolute Gasteiger partial charge is 0.159 e. The molecule has 57 heavy (non-hydrogen) atoms. The number of anilines is 3. The van der Waals surface area contributed by atoms with E-state index >= 15 is 0 Å². The first-order chi connectivity index (χ1) is 28.3. The summed E-state index contributed by atoms with van der Waals surface area (Å²) in [5, 5.41) is 12.2. The quantitative estimate of drug-likeness (QED) is 0.165. The van der Waals surface area contributed by atoms with Gasteiger partial charge in [-0.1, -0.05) is 140 Å². The molecule has 10 aromatic carbocycles. The number of rotatable bonds is 5. The summed E-state index contributed by atoms with van der Waals surface area (Å²) in [7, 11) is 0. The summed E-state index contributed by atoms with van der Waals surface area (Å²) in [6.45, 7) is 0. The van der Waals surface area contributed by atoms with Gasteiger partial charge in [0.05, 0.1) is 16.7 Å². The second kappa shape index (κ2) is 12.5. The maximum atomic E-state index is 6.68. The van der Waals surface area contributed by atoms with E-state index in [1.165, 1.54) is 59.7 Å². The van der Waals surface area contributed by atoms with Crippen molar-refractivity contribution in [2.75, 3.05) is 4.90 Å². The van der Waals surface area contributed by atoms with Gasteiger partial charge in [-0.15, -0.1) is 0 Å². The van der Waals surface area contributed by atoms with Crippen molar-refractivity contribution in [3.8, 4) is 16.8 Å². The molecule has 266 valence electrons. The summed E-state index contributed by atoms with van der Waals surface area (Å²) in [6.07, 6.45) is 0. The van der Waals surface area contributed by atoms with Crippen LogP contribution in [0.3, 0.4) is 0 Å². The number of nitrogens with zero attached hydrogens (tertiary/aromatic N) is 2. The summed E-state index contributed by atoms with van der Waals surface area (Å²) in [5.41, 5.74) is 10.8. The van der Waals surface area contributed by atoms with Gasteiger partial charge in [-0.05, 0) is 110 Å². The number of fused-ring (bicyclic) bond motifs is 12. The van der Waals surface area contributed by atoms with E-state index in [9.17, 15) is 0 Å². The van der Waals surface area contributed by atoms with Crippen LogP contribution < -0.4 is 4.90 Å². The Morgan fingerprint density at radius 1 is 0.333 bits per heavy atom. The van der Waals surface area contributed by atoms with Gasteiger partial charge in [0, 0.05) is 38.6 Å². The molecule has 0 fully saturated rings. The van der Waals surface area contributed by atoms with E-state index in [1.807, 2.05) is 6.07 Å². The lowest BCUT2D eigenvalue weighted by atomic mass is 9.94. The fourth-order valence-electron chi connectivity index (χ4n) is 9.18. The van der Waals surface area contributed by atoms with Crippen LogP contribution in [-0.2, 0) is 0 Å². The highest BCUT2D eigenvalue weighted by Crippen LogP contribution is 2.45. The van der Waals surface area contributed by atoms with Crippen LogP contribution in [0.2, 0.25) is 0 Å². The molecule has 2 aromatic heterocycles. The van der Waals surface area contributed by atoms with Gasteiger partial charge < -0.3 is 13.9 Å². The minimum Gasteiger partial charge on any atom is -0.454 e. The number of benzene rings is 10. The molecular weight excluding hydrogens is 693 g/mol. The second-order valence-electron chi connectivity index (χ2n) is 14.9. The summed E-state index contributed by atoms with van der Waals surface area (Å²) in [6, 6.07) is 74.4. The molecule has 0 saturated heterocycles. The zero-order valence-electron chi connectivity index (χ0n) is 30.9. The van der Waals surface area contributed by atoms with Crippen molar-refractivity contribution >= 4 is 93.1 Å². The zero-order valence-corrected chi connectivity index (χ0v) is 30.9. The molecule has 0 aliphatic heterocycles. The highest BCUT2D eigenvalue weighted by Gasteiger charge is 2.21. The highest BCUT2D eigenvalue weighted by atomic mass is 16.3. The first-order valence-corrected chi connectivity index (χ1v) is 19.5. The fourth-order valence-corrected chi connectivity index (χ4v) is 9.18. The Hall–Kier alpha value is -7.62. The Labute approximate surface area is 328 Å². The van der Waals surface area contributed by atoms with Crippen molar-refractivity contribution in [1.29, 1.82) is 0 Å². The van der Waals surface area contributed by atoms with E-state index in [1.54, 1.807) is 0 Å². The van der Waals surface area contributed by atoms with Gasteiger partial charge in [-0.3, -0.25) is 0 Å². The third kappa shape index (κ3) is 4.86. The maximum Gasteiger partial charge on any atom is 0.159 e. The van der Waals surface area contributed by atoms with E-state index in [-0.39, 0.29) is 0 Å². The van der Waals surface area contributed by atoms with Crippen LogP contribution in [0.25, 0.3) is 92.9 Å². The third-order valence-electron chi connectivity index (χ3n) is 11.8. The topological polar surface area (TPSA) is 21.3 Å². The second-order valence-corrected chi connectivity index (χ2v) is 14.9. The van der Waals surface area contributed by atoms with Crippen LogP contribution in [0.15, 0.2) is 211 Å². The molecule has 0 N–H and O–H groups in total. The van der Waals surface area contributed by atoms with Crippen molar-refractivity contribution in [3.05, 3.63) is 206 Å². The van der Waals surface area contributed by atoms with Crippen LogP contribution in [-0.4, -0.2) is 4.57 Å². The van der Waals surface area contributed by atoms with Crippen molar-refractivity contribution in [2.24, 2.45) is 0 Å². The van der Waals surface area contributed by atoms with Crippen molar-refractivity contribution in [2.45, 2.75) is 0 Å². The Balaban J connectivity index is 1.04. The van der Waals surface area contributed by atoms with Crippen molar-refractivity contribution < 1.29 is 4.42 Å².